The predicted octanol–water partition coefficient (Wildman–Crippen LogP) is 3.18. The molecule has 6 heteroatoms. The predicted molar refractivity (Wildman–Crippen MR) is 88.3 cm³/mol. The number of allylic oxidation sites excluding steroid dienone is 2. The van der Waals surface area contributed by atoms with Crippen molar-refractivity contribution in [2.24, 2.45) is 5.41 Å². The van der Waals surface area contributed by atoms with Gasteiger partial charge < -0.3 is 4.90 Å². The number of ketones is 1. The van der Waals surface area contributed by atoms with Gasteiger partial charge in [0, 0.05) is 49.2 Å². The summed E-state index contributed by atoms with van der Waals surface area (Å²) >= 11 is 0. The molecule has 1 heterocycles. The van der Waals surface area contributed by atoms with E-state index in [0.29, 0.717) is 24.0 Å². The number of benzene rings is 1. The van der Waals surface area contributed by atoms with Crippen LogP contribution < -0.4 is 0 Å². The van der Waals surface area contributed by atoms with Crippen LogP contribution in [0.1, 0.15) is 44.6 Å². The summed E-state index contributed by atoms with van der Waals surface area (Å²) in [4.78, 5) is 37.3. The molecule has 24 heavy (non-hydrogen) atoms. The van der Waals surface area contributed by atoms with E-state index in [-0.39, 0.29) is 29.2 Å². The minimum absolute atomic E-state index is 0.0235. The first-order valence-corrected chi connectivity index (χ1v) is 7.97. The average molecular weight is 328 g/mol. The molecule has 0 radical (unpaired) electrons. The van der Waals surface area contributed by atoms with Gasteiger partial charge in [-0.1, -0.05) is 26.0 Å². The summed E-state index contributed by atoms with van der Waals surface area (Å²) in [5, 5.41) is 11.0. The highest BCUT2D eigenvalue weighted by atomic mass is 16.6. The number of carbonyl (C=O) groups is 2. The average Bonchev–Trinajstić information content (AvgIpc) is 2.50. The molecule has 0 unspecified atom stereocenters. The molecular formula is C18H20N2O4. The topological polar surface area (TPSA) is 80.5 Å². The number of carbonyl (C=O) groups excluding carboxylic acids is 2. The molecule has 0 fully saturated rings. The van der Waals surface area contributed by atoms with E-state index in [9.17, 15) is 19.7 Å². The summed E-state index contributed by atoms with van der Waals surface area (Å²) in [5.74, 6) is -0.417. The van der Waals surface area contributed by atoms with E-state index < -0.39 is 10.8 Å². The smallest absolute Gasteiger partial charge is 0.269 e. The molecule has 0 spiro atoms. The fourth-order valence-corrected chi connectivity index (χ4v) is 3.70. The molecule has 0 bridgehead atoms. The molecule has 1 aliphatic heterocycles. The van der Waals surface area contributed by atoms with Crippen LogP contribution >= 0.6 is 0 Å². The van der Waals surface area contributed by atoms with Crippen molar-refractivity contribution in [3.8, 4) is 0 Å². The zero-order chi connectivity index (χ0) is 17.6. The summed E-state index contributed by atoms with van der Waals surface area (Å²) in [6.07, 6.45) is 1.25. The van der Waals surface area contributed by atoms with Crippen LogP contribution in [0, 0.1) is 15.5 Å². The van der Waals surface area contributed by atoms with Crippen molar-refractivity contribution in [1.82, 2.24) is 4.90 Å². The van der Waals surface area contributed by atoms with E-state index in [0.717, 1.165) is 5.70 Å². The SMILES string of the molecule is CN1C(=O)C[C@@H](c2cccc([N+](=O)[O-])c2)C2=C1CC(C)(C)CC2=O. The Bertz CT molecular complexity index is 779. The fraction of sp³-hybridized carbons (Fsp3) is 0.444. The van der Waals surface area contributed by atoms with Gasteiger partial charge in [-0.2, -0.15) is 0 Å². The Labute approximate surface area is 140 Å². The number of Topliss-reactive ketones (excluding diaryl/α,β-unsaturated/α-hetero) is 1. The van der Waals surface area contributed by atoms with Gasteiger partial charge in [-0.15, -0.1) is 0 Å². The lowest BCUT2D eigenvalue weighted by molar-refractivity contribution is -0.384. The molecular weight excluding hydrogens is 308 g/mol. The second kappa shape index (κ2) is 5.54. The van der Waals surface area contributed by atoms with E-state index in [1.807, 2.05) is 13.8 Å². The van der Waals surface area contributed by atoms with E-state index >= 15 is 0 Å². The normalized spacial score (nSPS) is 23.3. The zero-order valence-electron chi connectivity index (χ0n) is 14.0. The Morgan fingerprint density at radius 1 is 1.25 bits per heavy atom. The van der Waals surface area contributed by atoms with Crippen LogP contribution in [0.5, 0.6) is 0 Å². The fourth-order valence-electron chi connectivity index (χ4n) is 3.70. The number of rotatable bonds is 2. The van der Waals surface area contributed by atoms with Crippen molar-refractivity contribution in [1.29, 1.82) is 0 Å². The highest BCUT2D eigenvalue weighted by Crippen LogP contribution is 2.46. The number of nitro groups is 1. The van der Waals surface area contributed by atoms with Crippen LogP contribution in [0.25, 0.3) is 0 Å². The molecule has 1 aromatic rings. The summed E-state index contributed by atoms with van der Waals surface area (Å²) in [5.41, 5.74) is 1.87. The van der Waals surface area contributed by atoms with Gasteiger partial charge in [-0.3, -0.25) is 19.7 Å². The Balaban J connectivity index is 2.13. The number of nitro benzene ring substituents is 1. The van der Waals surface area contributed by atoms with Crippen LogP contribution in [0.4, 0.5) is 5.69 Å². The van der Waals surface area contributed by atoms with Gasteiger partial charge in [0.15, 0.2) is 5.78 Å². The second-order valence-corrected chi connectivity index (χ2v) is 7.36. The van der Waals surface area contributed by atoms with Crippen molar-refractivity contribution < 1.29 is 14.5 Å². The van der Waals surface area contributed by atoms with Gasteiger partial charge in [0.2, 0.25) is 5.91 Å². The molecule has 126 valence electrons. The first-order valence-electron chi connectivity index (χ1n) is 7.97. The number of hydrogen-bond donors (Lipinski definition) is 0. The minimum atomic E-state index is -0.457. The monoisotopic (exact) mass is 328 g/mol. The third-order valence-electron chi connectivity index (χ3n) is 4.89. The molecule has 6 nitrogen and oxygen atoms in total. The number of nitrogens with zero attached hydrogens (tertiary/aromatic N) is 2. The van der Waals surface area contributed by atoms with Crippen LogP contribution in [-0.4, -0.2) is 28.6 Å². The molecule has 2 aliphatic rings. The van der Waals surface area contributed by atoms with Crippen LogP contribution in [-0.2, 0) is 9.59 Å². The van der Waals surface area contributed by atoms with E-state index in [4.69, 9.17) is 0 Å². The van der Waals surface area contributed by atoms with E-state index in [2.05, 4.69) is 0 Å². The highest BCUT2D eigenvalue weighted by Gasteiger charge is 2.42. The van der Waals surface area contributed by atoms with Gasteiger partial charge in [-0.25, -0.2) is 0 Å². The maximum Gasteiger partial charge on any atom is 0.269 e. The van der Waals surface area contributed by atoms with Gasteiger partial charge in [-0.05, 0) is 17.4 Å². The van der Waals surface area contributed by atoms with Gasteiger partial charge in [0.25, 0.3) is 5.69 Å². The lowest BCUT2D eigenvalue weighted by atomic mass is 9.69. The second-order valence-electron chi connectivity index (χ2n) is 7.36. The lowest BCUT2D eigenvalue weighted by Gasteiger charge is -2.41. The van der Waals surface area contributed by atoms with Crippen molar-refractivity contribution >= 4 is 17.4 Å². The first kappa shape index (κ1) is 16.4. The summed E-state index contributed by atoms with van der Waals surface area (Å²) in [7, 11) is 1.70. The van der Waals surface area contributed by atoms with E-state index in [1.54, 1.807) is 24.1 Å². The molecule has 1 atom stereocenters. The van der Waals surface area contributed by atoms with Crippen molar-refractivity contribution in [3.05, 3.63) is 51.2 Å². The lowest BCUT2D eigenvalue weighted by Crippen LogP contribution is -2.41. The Morgan fingerprint density at radius 3 is 2.62 bits per heavy atom. The molecule has 0 saturated carbocycles. The maximum atomic E-state index is 12.8. The summed E-state index contributed by atoms with van der Waals surface area (Å²) in [6.45, 7) is 4.04. The van der Waals surface area contributed by atoms with Crippen LogP contribution in [0.15, 0.2) is 35.5 Å². The van der Waals surface area contributed by atoms with Gasteiger partial charge >= 0.3 is 0 Å². The molecule has 0 saturated heterocycles. The van der Waals surface area contributed by atoms with Gasteiger partial charge in [0.1, 0.15) is 0 Å². The molecule has 0 aromatic heterocycles. The molecule has 1 amide bonds. The van der Waals surface area contributed by atoms with Crippen molar-refractivity contribution in [2.45, 2.75) is 39.0 Å². The number of amides is 1. The molecule has 1 aromatic carbocycles. The summed E-state index contributed by atoms with van der Waals surface area (Å²) < 4.78 is 0. The number of non-ortho nitro benzene ring substituents is 1. The van der Waals surface area contributed by atoms with Crippen molar-refractivity contribution in [2.75, 3.05) is 7.05 Å². The van der Waals surface area contributed by atoms with Crippen molar-refractivity contribution in [3.63, 3.8) is 0 Å². The standard InChI is InChI=1S/C18H20N2O4/c1-18(2)9-14-17(15(21)10-18)13(8-16(22)19(14)3)11-5-4-6-12(7-11)20(23)24/h4-7,13H,8-10H2,1-3H3/t13-/m0/s1. The first-order chi connectivity index (χ1) is 11.2. The van der Waals surface area contributed by atoms with E-state index in [1.165, 1.54) is 12.1 Å². The summed E-state index contributed by atoms with van der Waals surface area (Å²) in [6, 6.07) is 6.25. The molecule has 0 N–H and O–H groups in total. The number of hydrogen-bond acceptors (Lipinski definition) is 4. The van der Waals surface area contributed by atoms with Crippen LogP contribution in [0.3, 0.4) is 0 Å². The Hall–Kier alpha value is -2.50. The minimum Gasteiger partial charge on any atom is -0.319 e. The Morgan fingerprint density at radius 2 is 1.96 bits per heavy atom. The molecule has 3 rings (SSSR count). The Kier molecular flexibility index (Phi) is 3.78. The zero-order valence-corrected chi connectivity index (χ0v) is 14.0. The molecule has 1 aliphatic carbocycles. The third kappa shape index (κ3) is 2.72. The van der Waals surface area contributed by atoms with Gasteiger partial charge in [0.05, 0.1) is 4.92 Å². The third-order valence-corrected chi connectivity index (χ3v) is 4.89. The van der Waals surface area contributed by atoms with Crippen LogP contribution in [0.2, 0.25) is 0 Å². The largest absolute Gasteiger partial charge is 0.319 e. The quantitative estimate of drug-likeness (QED) is 0.617. The maximum absolute atomic E-state index is 12.8. The highest BCUT2D eigenvalue weighted by molar-refractivity contribution is 6.02.